The molecule has 0 bridgehead atoms. The lowest BCUT2D eigenvalue weighted by molar-refractivity contribution is 0.286. The lowest BCUT2D eigenvalue weighted by atomic mass is 10.4. The fourth-order valence-corrected chi connectivity index (χ4v) is 7.28. The van der Waals surface area contributed by atoms with Gasteiger partial charge in [-0.2, -0.15) is 0 Å². The van der Waals surface area contributed by atoms with E-state index in [0.717, 1.165) is 6.61 Å². The fourth-order valence-electron chi connectivity index (χ4n) is 2.52. The van der Waals surface area contributed by atoms with Crippen molar-refractivity contribution in [3.63, 3.8) is 0 Å². The van der Waals surface area contributed by atoms with Crippen molar-refractivity contribution in [2.45, 2.75) is 97.2 Å². The molecule has 0 aromatic rings. The third-order valence-corrected chi connectivity index (χ3v) is 8.47. The van der Waals surface area contributed by atoms with Crippen molar-refractivity contribution < 1.29 is 4.43 Å². The van der Waals surface area contributed by atoms with Crippen LogP contribution < -0.4 is 0 Å². The maximum Gasteiger partial charge on any atom is 0.192 e. The minimum atomic E-state index is -1.40. The van der Waals surface area contributed by atoms with Crippen LogP contribution in [0.4, 0.5) is 0 Å². The molecule has 0 saturated heterocycles. The van der Waals surface area contributed by atoms with E-state index in [1.807, 2.05) is 0 Å². The lowest BCUT2D eigenvalue weighted by Crippen LogP contribution is -2.38. The Morgan fingerprint density at radius 2 is 1.00 bits per heavy atom. The quantitative estimate of drug-likeness (QED) is 0.289. The molecule has 0 saturated carbocycles. The molecule has 0 aromatic heterocycles. The largest absolute Gasteiger partial charge is 0.417 e. The van der Waals surface area contributed by atoms with E-state index in [2.05, 4.69) is 27.7 Å². The molecule has 0 rings (SSSR count). The maximum absolute atomic E-state index is 6.52. The van der Waals surface area contributed by atoms with E-state index >= 15 is 0 Å². The predicted molar refractivity (Wildman–Crippen MR) is 85.8 cm³/mol. The first-order valence-electron chi connectivity index (χ1n) is 8.38. The van der Waals surface area contributed by atoms with Crippen LogP contribution in [0.15, 0.2) is 0 Å². The predicted octanol–water partition coefficient (Wildman–Crippen LogP) is 6.15. The maximum atomic E-state index is 6.52. The van der Waals surface area contributed by atoms with Crippen molar-refractivity contribution in [3.05, 3.63) is 0 Å². The zero-order valence-electron chi connectivity index (χ0n) is 13.4. The van der Waals surface area contributed by atoms with Crippen molar-refractivity contribution in [1.29, 1.82) is 0 Å². The van der Waals surface area contributed by atoms with Gasteiger partial charge in [0.1, 0.15) is 0 Å². The van der Waals surface area contributed by atoms with Crippen LogP contribution in [0.1, 0.15) is 79.1 Å². The summed E-state index contributed by atoms with van der Waals surface area (Å²) in [6, 6.07) is 4.23. The molecule has 0 fully saturated rings. The molecule has 0 amide bonds. The van der Waals surface area contributed by atoms with Crippen molar-refractivity contribution in [3.8, 4) is 0 Å². The van der Waals surface area contributed by atoms with E-state index in [-0.39, 0.29) is 0 Å². The first kappa shape index (κ1) is 18.2. The van der Waals surface area contributed by atoms with Crippen LogP contribution in [0.25, 0.3) is 0 Å². The summed E-state index contributed by atoms with van der Waals surface area (Å²) in [5.74, 6) is 0. The highest BCUT2D eigenvalue weighted by atomic mass is 28.4. The molecule has 1 nitrogen and oxygen atoms in total. The molecule has 0 unspecified atom stereocenters. The summed E-state index contributed by atoms with van der Waals surface area (Å²) in [6.45, 7) is 10.2. The summed E-state index contributed by atoms with van der Waals surface area (Å²) >= 11 is 0. The minimum absolute atomic E-state index is 1.03. The van der Waals surface area contributed by atoms with Gasteiger partial charge < -0.3 is 4.43 Å². The van der Waals surface area contributed by atoms with Crippen LogP contribution in [0.3, 0.4) is 0 Å². The Labute approximate surface area is 117 Å². The molecule has 0 aromatic carbocycles. The Morgan fingerprint density at radius 3 is 1.33 bits per heavy atom. The van der Waals surface area contributed by atoms with Gasteiger partial charge in [-0.15, -0.1) is 0 Å². The van der Waals surface area contributed by atoms with Gasteiger partial charge in [0.05, 0.1) is 0 Å². The van der Waals surface area contributed by atoms with E-state index in [4.69, 9.17) is 4.43 Å². The Bertz CT molecular complexity index is 149. The standard InChI is InChI=1S/C16H36OSi/c1-5-9-13-17-18(14-10-6-2,15-11-7-3)16-12-8-4/h5-16H2,1-4H3. The molecule has 0 heterocycles. The highest BCUT2D eigenvalue weighted by Crippen LogP contribution is 2.29. The van der Waals surface area contributed by atoms with Gasteiger partial charge in [-0.1, -0.05) is 72.6 Å². The van der Waals surface area contributed by atoms with Crippen LogP contribution in [0.2, 0.25) is 18.1 Å². The number of unbranched alkanes of at least 4 members (excludes halogenated alkanes) is 4. The van der Waals surface area contributed by atoms with Gasteiger partial charge in [0.2, 0.25) is 0 Å². The summed E-state index contributed by atoms with van der Waals surface area (Å²) in [4.78, 5) is 0. The van der Waals surface area contributed by atoms with E-state index < -0.39 is 8.32 Å². The molecular formula is C16H36OSi. The second-order valence-electron chi connectivity index (χ2n) is 5.70. The molecule has 110 valence electrons. The normalized spacial score (nSPS) is 12.0. The van der Waals surface area contributed by atoms with E-state index in [1.165, 1.54) is 69.5 Å². The lowest BCUT2D eigenvalue weighted by Gasteiger charge is -2.32. The van der Waals surface area contributed by atoms with Crippen LogP contribution in [-0.4, -0.2) is 14.9 Å². The SMILES string of the molecule is CCCCO[Si](CCCC)(CCCC)CCCC. The average molecular weight is 273 g/mol. The smallest absolute Gasteiger partial charge is 0.192 e. The zero-order valence-corrected chi connectivity index (χ0v) is 14.4. The molecular weight excluding hydrogens is 236 g/mol. The van der Waals surface area contributed by atoms with Crippen molar-refractivity contribution in [2.24, 2.45) is 0 Å². The summed E-state index contributed by atoms with van der Waals surface area (Å²) in [5, 5.41) is 0. The highest BCUT2D eigenvalue weighted by molar-refractivity contribution is 6.73. The topological polar surface area (TPSA) is 9.23 Å². The van der Waals surface area contributed by atoms with Gasteiger partial charge in [-0.3, -0.25) is 0 Å². The van der Waals surface area contributed by atoms with E-state index in [1.54, 1.807) is 0 Å². The van der Waals surface area contributed by atoms with Crippen molar-refractivity contribution in [1.82, 2.24) is 0 Å². The van der Waals surface area contributed by atoms with Crippen LogP contribution in [0, 0.1) is 0 Å². The van der Waals surface area contributed by atoms with Crippen LogP contribution in [0.5, 0.6) is 0 Å². The van der Waals surface area contributed by atoms with E-state index in [9.17, 15) is 0 Å². The fraction of sp³-hybridized carbons (Fsp3) is 1.00. The Balaban J connectivity index is 4.41. The molecule has 0 aliphatic carbocycles. The van der Waals surface area contributed by atoms with Gasteiger partial charge in [0.25, 0.3) is 0 Å². The van der Waals surface area contributed by atoms with E-state index in [0.29, 0.717) is 0 Å². The second kappa shape index (κ2) is 12.2. The molecule has 18 heavy (non-hydrogen) atoms. The second-order valence-corrected chi connectivity index (χ2v) is 9.85. The molecule has 2 heteroatoms. The minimum Gasteiger partial charge on any atom is -0.417 e. The Hall–Kier alpha value is 0.177. The zero-order chi connectivity index (χ0) is 13.7. The Kier molecular flexibility index (Phi) is 12.3. The molecule has 0 aliphatic rings. The monoisotopic (exact) mass is 272 g/mol. The van der Waals surface area contributed by atoms with Gasteiger partial charge in [0.15, 0.2) is 8.32 Å². The number of hydrogen-bond acceptors (Lipinski definition) is 1. The molecule has 0 atom stereocenters. The Morgan fingerprint density at radius 1 is 0.611 bits per heavy atom. The van der Waals surface area contributed by atoms with Gasteiger partial charge in [0, 0.05) is 6.61 Å². The average Bonchev–Trinajstić information content (AvgIpc) is 2.40. The molecule has 0 radical (unpaired) electrons. The van der Waals surface area contributed by atoms with Crippen molar-refractivity contribution in [2.75, 3.05) is 6.61 Å². The van der Waals surface area contributed by atoms with Crippen LogP contribution >= 0.6 is 0 Å². The van der Waals surface area contributed by atoms with Crippen LogP contribution in [-0.2, 0) is 4.43 Å². The highest BCUT2D eigenvalue weighted by Gasteiger charge is 2.32. The number of rotatable bonds is 13. The first-order valence-corrected chi connectivity index (χ1v) is 10.9. The third-order valence-electron chi connectivity index (χ3n) is 3.86. The summed E-state index contributed by atoms with van der Waals surface area (Å²) in [6.07, 6.45) is 10.6. The summed E-state index contributed by atoms with van der Waals surface area (Å²) in [7, 11) is -1.40. The molecule has 0 spiro atoms. The molecule has 0 N–H and O–H groups in total. The van der Waals surface area contributed by atoms with Gasteiger partial charge >= 0.3 is 0 Å². The molecule has 0 aliphatic heterocycles. The van der Waals surface area contributed by atoms with Crippen molar-refractivity contribution >= 4 is 8.32 Å². The summed E-state index contributed by atoms with van der Waals surface area (Å²) < 4.78 is 6.52. The van der Waals surface area contributed by atoms with Gasteiger partial charge in [-0.25, -0.2) is 0 Å². The third kappa shape index (κ3) is 8.31. The first-order chi connectivity index (χ1) is 8.74. The summed E-state index contributed by atoms with van der Waals surface area (Å²) in [5.41, 5.74) is 0. The van der Waals surface area contributed by atoms with Gasteiger partial charge in [-0.05, 0) is 24.6 Å². The number of hydrogen-bond donors (Lipinski definition) is 0.